The molecule has 0 fully saturated rings. The number of hydrogen-bond acceptors (Lipinski definition) is 4. The van der Waals surface area contributed by atoms with Crippen molar-refractivity contribution in [2.75, 3.05) is 30.3 Å². The summed E-state index contributed by atoms with van der Waals surface area (Å²) in [5.41, 5.74) is 0.389. The molecule has 1 N–H and O–H groups in total. The van der Waals surface area contributed by atoms with Gasteiger partial charge in [-0.25, -0.2) is 12.8 Å². The van der Waals surface area contributed by atoms with Gasteiger partial charge in [0.1, 0.15) is 18.2 Å². The standard InChI is InChI=1S/C19H22ClFN2O4S/c1-28(25,26)23(18-6-3-2-5-17(18)20)13-4-7-19(24)22-12-14-27-16-10-8-15(21)9-11-16/h2-3,5-6,8-11H,4,7,12-14H2,1H3,(H,22,24). The Kier molecular flexibility index (Phi) is 8.07. The number of halogens is 2. The number of carbonyl (C=O) groups is 1. The van der Waals surface area contributed by atoms with Crippen LogP contribution in [0, 0.1) is 5.82 Å². The first-order valence-electron chi connectivity index (χ1n) is 8.64. The molecule has 0 aromatic heterocycles. The van der Waals surface area contributed by atoms with Crippen LogP contribution in [0.3, 0.4) is 0 Å². The van der Waals surface area contributed by atoms with Gasteiger partial charge in [-0.1, -0.05) is 23.7 Å². The number of para-hydroxylation sites is 1. The Morgan fingerprint density at radius 1 is 1.18 bits per heavy atom. The zero-order valence-electron chi connectivity index (χ0n) is 15.4. The summed E-state index contributed by atoms with van der Waals surface area (Å²) >= 11 is 6.09. The minimum absolute atomic E-state index is 0.141. The third kappa shape index (κ3) is 7.01. The Balaban J connectivity index is 1.75. The van der Waals surface area contributed by atoms with Gasteiger partial charge in [0.05, 0.1) is 23.5 Å². The van der Waals surface area contributed by atoms with Gasteiger partial charge >= 0.3 is 0 Å². The van der Waals surface area contributed by atoms with E-state index in [1.54, 1.807) is 24.3 Å². The average Bonchev–Trinajstić information content (AvgIpc) is 2.64. The van der Waals surface area contributed by atoms with Crippen molar-refractivity contribution in [3.8, 4) is 5.75 Å². The van der Waals surface area contributed by atoms with Gasteiger partial charge in [-0.2, -0.15) is 0 Å². The maximum Gasteiger partial charge on any atom is 0.232 e. The monoisotopic (exact) mass is 428 g/mol. The van der Waals surface area contributed by atoms with Crippen LogP contribution in [-0.4, -0.2) is 40.3 Å². The number of nitrogens with one attached hydrogen (secondary N) is 1. The van der Waals surface area contributed by atoms with Gasteiger partial charge in [-0.3, -0.25) is 9.10 Å². The molecule has 2 aromatic rings. The van der Waals surface area contributed by atoms with E-state index in [0.29, 0.717) is 22.9 Å². The van der Waals surface area contributed by atoms with Crippen LogP contribution in [0.5, 0.6) is 5.75 Å². The minimum atomic E-state index is -3.52. The smallest absolute Gasteiger partial charge is 0.232 e. The van der Waals surface area contributed by atoms with E-state index in [4.69, 9.17) is 16.3 Å². The second-order valence-corrected chi connectivity index (χ2v) is 8.36. The number of amides is 1. The highest BCUT2D eigenvalue weighted by atomic mass is 35.5. The summed E-state index contributed by atoms with van der Waals surface area (Å²) in [7, 11) is -3.52. The third-order valence-corrected chi connectivity index (χ3v) is 5.29. The van der Waals surface area contributed by atoms with E-state index in [9.17, 15) is 17.6 Å². The maximum absolute atomic E-state index is 12.8. The van der Waals surface area contributed by atoms with Gasteiger partial charge in [-0.15, -0.1) is 0 Å². The van der Waals surface area contributed by atoms with Gasteiger partial charge in [0.2, 0.25) is 15.9 Å². The van der Waals surface area contributed by atoms with Crippen molar-refractivity contribution in [3.05, 3.63) is 59.4 Å². The minimum Gasteiger partial charge on any atom is -0.492 e. The quantitative estimate of drug-likeness (QED) is 0.589. The molecular weight excluding hydrogens is 407 g/mol. The molecule has 0 saturated carbocycles. The highest BCUT2D eigenvalue weighted by Crippen LogP contribution is 2.27. The van der Waals surface area contributed by atoms with E-state index in [0.717, 1.165) is 6.26 Å². The van der Waals surface area contributed by atoms with E-state index < -0.39 is 10.0 Å². The Labute approximate surface area is 169 Å². The average molecular weight is 429 g/mol. The predicted octanol–water partition coefficient (Wildman–Crippen LogP) is 3.22. The molecule has 9 heteroatoms. The third-order valence-electron chi connectivity index (χ3n) is 3.79. The van der Waals surface area contributed by atoms with Crippen molar-refractivity contribution < 1.29 is 22.3 Å². The van der Waals surface area contributed by atoms with Crippen LogP contribution in [0.4, 0.5) is 10.1 Å². The van der Waals surface area contributed by atoms with E-state index in [2.05, 4.69) is 5.32 Å². The van der Waals surface area contributed by atoms with Crippen LogP contribution < -0.4 is 14.4 Å². The first-order valence-corrected chi connectivity index (χ1v) is 10.9. The predicted molar refractivity (Wildman–Crippen MR) is 108 cm³/mol. The maximum atomic E-state index is 12.8. The van der Waals surface area contributed by atoms with Crippen LogP contribution in [-0.2, 0) is 14.8 Å². The topological polar surface area (TPSA) is 75.7 Å². The molecule has 2 rings (SSSR count). The van der Waals surface area contributed by atoms with Crippen LogP contribution in [0.2, 0.25) is 5.02 Å². The number of anilines is 1. The summed E-state index contributed by atoms with van der Waals surface area (Å²) < 4.78 is 43.5. The van der Waals surface area contributed by atoms with E-state index in [1.165, 1.54) is 28.6 Å². The lowest BCUT2D eigenvalue weighted by Gasteiger charge is -2.23. The van der Waals surface area contributed by atoms with Gasteiger partial charge in [0.15, 0.2) is 0 Å². The number of rotatable bonds is 10. The highest BCUT2D eigenvalue weighted by molar-refractivity contribution is 7.92. The van der Waals surface area contributed by atoms with Gasteiger partial charge in [0, 0.05) is 13.0 Å². The number of carbonyl (C=O) groups excluding carboxylic acids is 1. The molecule has 1 amide bonds. The van der Waals surface area contributed by atoms with Crippen LogP contribution in [0.15, 0.2) is 48.5 Å². The number of benzene rings is 2. The second-order valence-electron chi connectivity index (χ2n) is 6.04. The lowest BCUT2D eigenvalue weighted by Crippen LogP contribution is -2.33. The summed E-state index contributed by atoms with van der Waals surface area (Å²) in [6.07, 6.45) is 1.60. The number of ether oxygens (including phenoxy) is 1. The van der Waals surface area contributed by atoms with Gasteiger partial charge in [0.25, 0.3) is 0 Å². The zero-order valence-corrected chi connectivity index (χ0v) is 17.0. The molecule has 28 heavy (non-hydrogen) atoms. The lowest BCUT2D eigenvalue weighted by molar-refractivity contribution is -0.121. The molecule has 0 aliphatic rings. The molecule has 0 radical (unpaired) electrons. The van der Waals surface area contributed by atoms with Gasteiger partial charge in [-0.05, 0) is 42.8 Å². The lowest BCUT2D eigenvalue weighted by atomic mass is 10.2. The highest BCUT2D eigenvalue weighted by Gasteiger charge is 2.19. The fourth-order valence-electron chi connectivity index (χ4n) is 2.48. The van der Waals surface area contributed by atoms with Crippen molar-refractivity contribution in [2.24, 2.45) is 0 Å². The first-order chi connectivity index (χ1) is 13.3. The number of nitrogens with zero attached hydrogens (tertiary/aromatic N) is 1. The summed E-state index contributed by atoms with van der Waals surface area (Å²) in [5, 5.41) is 3.02. The zero-order chi connectivity index (χ0) is 20.6. The largest absolute Gasteiger partial charge is 0.492 e. The molecule has 152 valence electrons. The SMILES string of the molecule is CS(=O)(=O)N(CCCC(=O)NCCOc1ccc(F)cc1)c1ccccc1Cl. The first kappa shape index (κ1) is 22.0. The van der Waals surface area contributed by atoms with Crippen molar-refractivity contribution in [1.82, 2.24) is 5.32 Å². The second kappa shape index (κ2) is 10.3. The molecular formula is C19H22ClFN2O4S. The van der Waals surface area contributed by atoms with Crippen LogP contribution >= 0.6 is 11.6 Å². The number of sulfonamides is 1. The Morgan fingerprint density at radius 3 is 2.50 bits per heavy atom. The molecule has 0 aliphatic carbocycles. The summed E-state index contributed by atoms with van der Waals surface area (Å²) in [6, 6.07) is 12.2. The van der Waals surface area contributed by atoms with Crippen molar-refractivity contribution in [1.29, 1.82) is 0 Å². The van der Waals surface area contributed by atoms with Crippen molar-refractivity contribution >= 4 is 33.2 Å². The summed E-state index contributed by atoms with van der Waals surface area (Å²) in [5.74, 6) is -0.0462. The fourth-order valence-corrected chi connectivity index (χ4v) is 3.75. The molecule has 0 aliphatic heterocycles. The Bertz CT molecular complexity index is 891. The van der Waals surface area contributed by atoms with Crippen LogP contribution in [0.25, 0.3) is 0 Å². The molecule has 0 spiro atoms. The molecule has 2 aromatic carbocycles. The fraction of sp³-hybridized carbons (Fsp3) is 0.316. The Morgan fingerprint density at radius 2 is 1.86 bits per heavy atom. The van der Waals surface area contributed by atoms with Gasteiger partial charge < -0.3 is 10.1 Å². The molecule has 0 unspecified atom stereocenters. The van der Waals surface area contributed by atoms with Crippen molar-refractivity contribution in [2.45, 2.75) is 12.8 Å². The normalized spacial score (nSPS) is 11.1. The van der Waals surface area contributed by atoms with E-state index in [1.807, 2.05) is 0 Å². The molecule has 6 nitrogen and oxygen atoms in total. The molecule has 0 saturated heterocycles. The van der Waals surface area contributed by atoms with Crippen LogP contribution in [0.1, 0.15) is 12.8 Å². The molecule has 0 heterocycles. The molecule has 0 bridgehead atoms. The Hall–Kier alpha value is -2.32. The van der Waals surface area contributed by atoms with E-state index in [-0.39, 0.29) is 37.8 Å². The summed E-state index contributed by atoms with van der Waals surface area (Å²) in [6.45, 7) is 0.672. The van der Waals surface area contributed by atoms with Crippen molar-refractivity contribution in [3.63, 3.8) is 0 Å². The number of hydrogen-bond donors (Lipinski definition) is 1. The molecule has 0 atom stereocenters. The van der Waals surface area contributed by atoms with E-state index >= 15 is 0 Å². The summed E-state index contributed by atoms with van der Waals surface area (Å²) in [4.78, 5) is 11.9.